The number of nitrogens with zero attached hydrogens (tertiary/aromatic N) is 2. The highest BCUT2D eigenvalue weighted by molar-refractivity contribution is 9.10. The first-order valence-electron chi connectivity index (χ1n) is 10.9. The van der Waals surface area contributed by atoms with E-state index in [-0.39, 0.29) is 18.4 Å². The summed E-state index contributed by atoms with van der Waals surface area (Å²) in [5.74, 6) is 0.726. The van der Waals surface area contributed by atoms with E-state index in [0.717, 1.165) is 12.0 Å². The number of hydrazone groups is 1. The van der Waals surface area contributed by atoms with E-state index >= 15 is 0 Å². The van der Waals surface area contributed by atoms with E-state index in [2.05, 4.69) is 26.5 Å². The molecule has 2 amide bonds. The molecule has 1 heterocycles. The van der Waals surface area contributed by atoms with Gasteiger partial charge < -0.3 is 14.4 Å². The number of hydrogen-bond acceptors (Lipinski definition) is 5. The van der Waals surface area contributed by atoms with Crippen molar-refractivity contribution in [2.45, 2.75) is 19.4 Å². The molecule has 1 aliphatic heterocycles. The van der Waals surface area contributed by atoms with Crippen LogP contribution in [-0.4, -0.2) is 31.7 Å². The van der Waals surface area contributed by atoms with Crippen molar-refractivity contribution in [2.24, 2.45) is 5.10 Å². The largest absolute Gasteiger partial charge is 0.493 e. The molecule has 3 aromatic rings. The molecule has 0 spiro atoms. The lowest BCUT2D eigenvalue weighted by atomic mass is 10.2. The Hall–Kier alpha value is -3.36. The summed E-state index contributed by atoms with van der Waals surface area (Å²) in [6, 6.07) is 18.0. The molecule has 0 atom stereocenters. The summed E-state index contributed by atoms with van der Waals surface area (Å²) in [5, 5.41) is 4.70. The Morgan fingerprint density at radius 2 is 2.03 bits per heavy atom. The minimum absolute atomic E-state index is 0.0689. The second-order valence-electron chi connectivity index (χ2n) is 7.81. The quantitative estimate of drug-likeness (QED) is 0.290. The van der Waals surface area contributed by atoms with E-state index in [1.54, 1.807) is 42.3 Å². The molecule has 0 unspecified atom stereocenters. The van der Waals surface area contributed by atoms with Gasteiger partial charge in [-0.25, -0.2) is 5.43 Å². The Balaban J connectivity index is 1.42. The van der Waals surface area contributed by atoms with Gasteiger partial charge in [0.25, 0.3) is 5.91 Å². The lowest BCUT2D eigenvalue weighted by Gasteiger charge is -2.16. The highest BCUT2D eigenvalue weighted by atomic mass is 79.9. The maximum atomic E-state index is 12.6. The normalized spacial score (nSPS) is 13.3. The average Bonchev–Trinajstić information content (AvgIpc) is 3.30. The summed E-state index contributed by atoms with van der Waals surface area (Å²) in [6.45, 7) is 0.942. The van der Waals surface area contributed by atoms with Gasteiger partial charge in [0.2, 0.25) is 5.91 Å². The van der Waals surface area contributed by atoms with Crippen LogP contribution in [0.5, 0.6) is 11.5 Å². The Morgan fingerprint density at radius 3 is 2.77 bits per heavy atom. The fourth-order valence-corrected chi connectivity index (χ4v) is 4.45. The summed E-state index contributed by atoms with van der Waals surface area (Å²) < 4.78 is 12.1. The molecule has 7 nitrogen and oxygen atoms in total. The van der Waals surface area contributed by atoms with Crippen LogP contribution in [0.3, 0.4) is 0 Å². The molecule has 1 saturated heterocycles. The number of rotatable bonds is 8. The molecular formula is C26H23BrClN3O4. The van der Waals surface area contributed by atoms with E-state index in [0.29, 0.717) is 50.8 Å². The fraction of sp³-hybridized carbons (Fsp3) is 0.192. The Labute approximate surface area is 216 Å². The van der Waals surface area contributed by atoms with Crippen molar-refractivity contribution in [1.82, 2.24) is 5.43 Å². The van der Waals surface area contributed by atoms with Crippen LogP contribution in [0.25, 0.3) is 0 Å². The van der Waals surface area contributed by atoms with E-state index < -0.39 is 0 Å². The molecule has 0 aromatic heterocycles. The number of amides is 2. The van der Waals surface area contributed by atoms with Crippen LogP contribution in [0.1, 0.15) is 34.3 Å². The van der Waals surface area contributed by atoms with Crippen molar-refractivity contribution >= 4 is 51.2 Å². The number of halogens is 2. The van der Waals surface area contributed by atoms with E-state index in [4.69, 9.17) is 21.1 Å². The third-order valence-electron chi connectivity index (χ3n) is 5.45. The van der Waals surface area contributed by atoms with Crippen molar-refractivity contribution in [3.8, 4) is 11.5 Å². The summed E-state index contributed by atoms with van der Waals surface area (Å²) in [4.78, 5) is 26.3. The Bertz CT molecular complexity index is 1280. The zero-order chi connectivity index (χ0) is 24.8. The molecule has 180 valence electrons. The lowest BCUT2D eigenvalue weighted by molar-refractivity contribution is -0.117. The van der Waals surface area contributed by atoms with Gasteiger partial charge in [-0.2, -0.15) is 5.10 Å². The second-order valence-corrected chi connectivity index (χ2v) is 9.07. The highest BCUT2D eigenvalue weighted by Crippen LogP contribution is 2.37. The van der Waals surface area contributed by atoms with Gasteiger partial charge in [-0.1, -0.05) is 35.9 Å². The summed E-state index contributed by atoms with van der Waals surface area (Å²) >= 11 is 9.73. The topological polar surface area (TPSA) is 80.2 Å². The standard InChI is InChI=1S/C26H23BrClN3O4/c1-34-23-13-17(12-21(27)25(23)35-16-19-6-2-3-9-22(19)28)15-29-30-26(33)18-7-4-8-20(14-18)31-11-5-10-24(31)32/h2-4,6-9,12-15H,5,10-11,16H2,1H3,(H,30,33)/b29-15-. The van der Waals surface area contributed by atoms with E-state index in [9.17, 15) is 9.59 Å². The highest BCUT2D eigenvalue weighted by Gasteiger charge is 2.22. The number of hydrogen-bond donors (Lipinski definition) is 1. The van der Waals surface area contributed by atoms with Gasteiger partial charge in [0.1, 0.15) is 6.61 Å². The minimum Gasteiger partial charge on any atom is -0.493 e. The first kappa shape index (κ1) is 24.8. The summed E-state index contributed by atoms with van der Waals surface area (Å²) in [7, 11) is 1.55. The number of carbonyl (C=O) groups is 2. The van der Waals surface area contributed by atoms with Gasteiger partial charge >= 0.3 is 0 Å². The maximum Gasteiger partial charge on any atom is 0.271 e. The molecule has 1 N–H and O–H groups in total. The number of anilines is 1. The average molecular weight is 557 g/mol. The summed E-state index contributed by atoms with van der Waals surface area (Å²) in [5.41, 5.74) is 5.20. The summed E-state index contributed by atoms with van der Waals surface area (Å²) in [6.07, 6.45) is 2.86. The van der Waals surface area contributed by atoms with E-state index in [1.165, 1.54) is 6.21 Å². The van der Waals surface area contributed by atoms with Crippen molar-refractivity contribution in [3.63, 3.8) is 0 Å². The van der Waals surface area contributed by atoms with Gasteiger partial charge in [-0.15, -0.1) is 0 Å². The fourth-order valence-electron chi connectivity index (χ4n) is 3.69. The van der Waals surface area contributed by atoms with Crippen molar-refractivity contribution < 1.29 is 19.1 Å². The first-order valence-corrected chi connectivity index (χ1v) is 12.1. The van der Waals surface area contributed by atoms with Crippen LogP contribution < -0.4 is 19.8 Å². The Kier molecular flexibility index (Phi) is 8.05. The zero-order valence-corrected chi connectivity index (χ0v) is 21.3. The number of ether oxygens (including phenoxy) is 2. The molecule has 1 aliphatic rings. The van der Waals surface area contributed by atoms with Crippen molar-refractivity contribution in [1.29, 1.82) is 0 Å². The van der Waals surface area contributed by atoms with Crippen LogP contribution in [0.15, 0.2) is 70.2 Å². The molecule has 1 fully saturated rings. The second kappa shape index (κ2) is 11.4. The Morgan fingerprint density at radius 1 is 1.20 bits per heavy atom. The molecule has 0 saturated carbocycles. The monoisotopic (exact) mass is 555 g/mol. The first-order chi connectivity index (χ1) is 17.0. The van der Waals surface area contributed by atoms with Crippen LogP contribution in [0.2, 0.25) is 5.02 Å². The molecule has 4 rings (SSSR count). The van der Waals surface area contributed by atoms with Gasteiger partial charge in [0.15, 0.2) is 11.5 Å². The van der Waals surface area contributed by atoms with Gasteiger partial charge in [0.05, 0.1) is 17.8 Å². The van der Waals surface area contributed by atoms with Gasteiger partial charge in [-0.3, -0.25) is 9.59 Å². The number of benzene rings is 3. The SMILES string of the molecule is COc1cc(/C=N\NC(=O)c2cccc(N3CCCC3=O)c2)cc(Br)c1OCc1ccccc1Cl. The number of methoxy groups -OCH3 is 1. The third kappa shape index (κ3) is 6.01. The van der Waals surface area contributed by atoms with Crippen molar-refractivity contribution in [2.75, 3.05) is 18.6 Å². The van der Waals surface area contributed by atoms with Crippen LogP contribution in [-0.2, 0) is 11.4 Å². The molecule has 0 bridgehead atoms. The smallest absolute Gasteiger partial charge is 0.271 e. The van der Waals surface area contributed by atoms with Crippen LogP contribution in [0, 0.1) is 0 Å². The number of nitrogens with one attached hydrogen (secondary N) is 1. The molecule has 9 heteroatoms. The lowest BCUT2D eigenvalue weighted by Crippen LogP contribution is -2.24. The molecule has 35 heavy (non-hydrogen) atoms. The zero-order valence-electron chi connectivity index (χ0n) is 19.0. The van der Waals surface area contributed by atoms with Gasteiger partial charge in [-0.05, 0) is 64.3 Å². The number of carbonyl (C=O) groups excluding carboxylic acids is 2. The van der Waals surface area contributed by atoms with Gasteiger partial charge in [0, 0.05) is 34.8 Å². The van der Waals surface area contributed by atoms with Crippen LogP contribution in [0.4, 0.5) is 5.69 Å². The predicted molar refractivity (Wildman–Crippen MR) is 140 cm³/mol. The van der Waals surface area contributed by atoms with E-state index in [1.807, 2.05) is 30.3 Å². The predicted octanol–water partition coefficient (Wildman–Crippen LogP) is 5.58. The van der Waals surface area contributed by atoms with Crippen LogP contribution >= 0.6 is 27.5 Å². The minimum atomic E-state index is -0.375. The maximum absolute atomic E-state index is 12.6. The molecule has 0 radical (unpaired) electrons. The molecule has 0 aliphatic carbocycles. The third-order valence-corrected chi connectivity index (χ3v) is 6.41. The molecular weight excluding hydrogens is 534 g/mol. The molecule has 3 aromatic carbocycles. The van der Waals surface area contributed by atoms with Crippen molar-refractivity contribution in [3.05, 3.63) is 86.8 Å².